The molecule has 8 aromatic rings. The Balaban J connectivity index is 0.921. The fraction of sp³-hybridized carbons (Fsp3) is 0.294. The molecule has 350 valence electrons. The van der Waals surface area contributed by atoms with E-state index in [0.717, 1.165) is 25.7 Å². The lowest BCUT2D eigenvalue weighted by molar-refractivity contribution is 0.443. The summed E-state index contributed by atoms with van der Waals surface area (Å²) < 4.78 is 0. The Hall–Kier alpha value is -6.64. The van der Waals surface area contributed by atoms with Gasteiger partial charge in [0, 0.05) is 39.5 Å². The van der Waals surface area contributed by atoms with E-state index in [0.29, 0.717) is 11.8 Å². The summed E-state index contributed by atoms with van der Waals surface area (Å²) >= 11 is 0. The van der Waals surface area contributed by atoms with Gasteiger partial charge in [0.15, 0.2) is 0 Å². The molecule has 0 heterocycles. The number of anilines is 6. The molecule has 0 aliphatic heterocycles. The zero-order valence-electron chi connectivity index (χ0n) is 41.5. The second-order valence-corrected chi connectivity index (χ2v) is 21.6. The van der Waals surface area contributed by atoms with E-state index in [4.69, 9.17) is 0 Å². The van der Waals surface area contributed by atoms with Crippen LogP contribution in [0.4, 0.5) is 34.1 Å². The van der Waals surface area contributed by atoms with Crippen molar-refractivity contribution in [2.45, 2.75) is 127 Å². The van der Waals surface area contributed by atoms with Gasteiger partial charge in [0.05, 0.1) is 0 Å². The molecule has 0 spiro atoms. The molecule has 4 bridgehead atoms. The van der Waals surface area contributed by atoms with Gasteiger partial charge in [-0.05, 0) is 197 Å². The van der Waals surface area contributed by atoms with Gasteiger partial charge in [-0.3, -0.25) is 0 Å². The summed E-state index contributed by atoms with van der Waals surface area (Å²) in [5.74, 6) is 1.35. The quantitative estimate of drug-likeness (QED) is 0.133. The van der Waals surface area contributed by atoms with Crippen LogP contribution in [-0.4, -0.2) is 0 Å². The van der Waals surface area contributed by atoms with E-state index in [1.165, 1.54) is 172 Å². The van der Waals surface area contributed by atoms with Crippen LogP contribution in [0.1, 0.15) is 141 Å². The highest BCUT2D eigenvalue weighted by Crippen LogP contribution is 2.52. The average Bonchev–Trinajstić information content (AvgIpc) is 3.56. The summed E-state index contributed by atoms with van der Waals surface area (Å²) in [5.41, 5.74) is 24.0. The second kappa shape index (κ2) is 19.3. The van der Waals surface area contributed by atoms with Crippen LogP contribution in [0.5, 0.6) is 0 Å². The minimum atomic E-state index is -0.156. The normalized spacial score (nSPS) is 16.7. The number of benzene rings is 8. The first-order valence-corrected chi connectivity index (χ1v) is 26.9. The van der Waals surface area contributed by atoms with Gasteiger partial charge < -0.3 is 9.80 Å². The van der Waals surface area contributed by atoms with E-state index in [-0.39, 0.29) is 5.41 Å². The molecule has 2 saturated carbocycles. The van der Waals surface area contributed by atoms with Gasteiger partial charge in [-0.2, -0.15) is 0 Å². The van der Waals surface area contributed by atoms with Crippen LogP contribution in [0.15, 0.2) is 182 Å². The summed E-state index contributed by atoms with van der Waals surface area (Å²) in [6.45, 7) is 4.86. The highest BCUT2D eigenvalue weighted by Gasteiger charge is 2.37. The lowest BCUT2D eigenvalue weighted by Gasteiger charge is -2.31. The second-order valence-electron chi connectivity index (χ2n) is 21.6. The molecule has 7 aliphatic carbocycles. The predicted molar refractivity (Wildman–Crippen MR) is 296 cm³/mol. The number of nitrogens with zero attached hydrogens (tertiary/aromatic N) is 2. The van der Waals surface area contributed by atoms with E-state index in [1.54, 1.807) is 0 Å². The first-order chi connectivity index (χ1) is 34.4. The Morgan fingerprint density at radius 3 is 1.34 bits per heavy atom. The Morgan fingerprint density at radius 2 is 0.800 bits per heavy atom. The number of aryl methyl sites for hydroxylation is 4. The van der Waals surface area contributed by atoms with Crippen molar-refractivity contribution in [3.05, 3.63) is 226 Å². The minimum absolute atomic E-state index is 0.156. The van der Waals surface area contributed by atoms with Gasteiger partial charge in [0.2, 0.25) is 0 Å². The summed E-state index contributed by atoms with van der Waals surface area (Å²) in [4.78, 5) is 5.14. The van der Waals surface area contributed by atoms with Gasteiger partial charge in [0.1, 0.15) is 0 Å². The Bertz CT molecular complexity index is 3090. The molecule has 0 unspecified atom stereocenters. The number of rotatable bonds is 9. The largest absolute Gasteiger partial charge is 0.310 e. The fourth-order valence-corrected chi connectivity index (χ4v) is 12.9. The Labute approximate surface area is 418 Å². The minimum Gasteiger partial charge on any atom is -0.310 e. The third kappa shape index (κ3) is 8.69. The molecule has 0 saturated heterocycles. The summed E-state index contributed by atoms with van der Waals surface area (Å²) in [6.07, 6.45) is 18.6. The molecule has 70 heavy (non-hydrogen) atoms. The van der Waals surface area contributed by atoms with Gasteiger partial charge in [-0.25, -0.2) is 0 Å². The van der Waals surface area contributed by atoms with E-state index < -0.39 is 0 Å². The van der Waals surface area contributed by atoms with Crippen LogP contribution in [0.25, 0.3) is 22.3 Å². The number of hydrogen-bond donors (Lipinski definition) is 0. The van der Waals surface area contributed by atoms with Crippen LogP contribution < -0.4 is 9.80 Å². The summed E-state index contributed by atoms with van der Waals surface area (Å²) in [6, 6.07) is 70.6. The molecular weight excluding hydrogens is 845 g/mol. The van der Waals surface area contributed by atoms with Crippen LogP contribution in [-0.2, 0) is 31.1 Å². The van der Waals surface area contributed by atoms with Gasteiger partial charge >= 0.3 is 0 Å². The lowest BCUT2D eigenvalue weighted by atomic mass is 9.81. The molecule has 2 nitrogen and oxygen atoms in total. The van der Waals surface area contributed by atoms with Crippen LogP contribution >= 0.6 is 0 Å². The zero-order chi connectivity index (χ0) is 47.0. The fourth-order valence-electron chi connectivity index (χ4n) is 12.9. The van der Waals surface area contributed by atoms with E-state index >= 15 is 0 Å². The summed E-state index contributed by atoms with van der Waals surface area (Å²) in [5, 5.41) is 0. The zero-order valence-corrected chi connectivity index (χ0v) is 41.5. The lowest BCUT2D eigenvalue weighted by Crippen LogP contribution is -2.18. The summed E-state index contributed by atoms with van der Waals surface area (Å²) in [7, 11) is 0. The molecule has 8 aromatic carbocycles. The highest BCUT2D eigenvalue weighted by atomic mass is 15.2. The molecule has 0 atom stereocenters. The van der Waals surface area contributed by atoms with Crippen molar-refractivity contribution in [3.8, 4) is 22.3 Å². The van der Waals surface area contributed by atoms with E-state index in [2.05, 4.69) is 206 Å². The molecule has 0 N–H and O–H groups in total. The van der Waals surface area contributed by atoms with E-state index in [9.17, 15) is 0 Å². The molecule has 0 amide bonds. The SMILES string of the molecule is CC1(C)c2cc(-c3ccccc3)ccc2-c2ccc(N(c3ccc(C4CCCCCC4)cc3)c3cc4ccc3CCc3ccc(c(N(c5ccccc5)c5ccc(C6CCCCC6)cc5)c3)CC4)cc21. The number of para-hydroxylation sites is 1. The number of hydrogen-bond acceptors (Lipinski definition) is 2. The van der Waals surface area contributed by atoms with Crippen molar-refractivity contribution < 1.29 is 0 Å². The average molecular weight is 913 g/mol. The van der Waals surface area contributed by atoms with Crippen LogP contribution in [0.2, 0.25) is 0 Å². The van der Waals surface area contributed by atoms with Gasteiger partial charge in [-0.1, -0.05) is 174 Å². The van der Waals surface area contributed by atoms with Crippen molar-refractivity contribution in [2.75, 3.05) is 9.80 Å². The Morgan fingerprint density at radius 1 is 0.357 bits per heavy atom. The molecule has 0 radical (unpaired) electrons. The maximum atomic E-state index is 2.61. The van der Waals surface area contributed by atoms with Crippen LogP contribution in [0, 0.1) is 0 Å². The first kappa shape index (κ1) is 44.6. The molecule has 15 rings (SSSR count). The molecular formula is C68H68N2. The molecule has 7 aliphatic rings. The van der Waals surface area contributed by atoms with Crippen LogP contribution in [0.3, 0.4) is 0 Å². The smallest absolute Gasteiger partial charge is 0.0496 e. The molecule has 2 fully saturated rings. The van der Waals surface area contributed by atoms with Gasteiger partial charge in [-0.15, -0.1) is 0 Å². The topological polar surface area (TPSA) is 6.48 Å². The van der Waals surface area contributed by atoms with Crippen molar-refractivity contribution in [1.29, 1.82) is 0 Å². The van der Waals surface area contributed by atoms with Crippen molar-refractivity contribution in [2.24, 2.45) is 0 Å². The standard InChI is InChI=1S/C68H68N2/c1-68(2)64-46-57(52-20-12-6-13-21-52)36-42-62(64)63-43-41-61(47-65(63)68)70(60-39-34-54(35-40-60)50-16-8-3-4-9-17-50)67-45-49-25-29-55-28-24-48(26-30-56(67)31-27-49)44-66(55)69(58-22-14-7-15-23-58)59-37-32-53(33-38-59)51-18-10-5-11-19-51/h6-7,12-15,20-24,27-28,31-47,50-51H,3-5,8-11,16-19,25-26,29-30H2,1-2H3. The third-order valence-corrected chi connectivity index (χ3v) is 16.9. The third-order valence-electron chi connectivity index (χ3n) is 16.9. The molecule has 2 heteroatoms. The monoisotopic (exact) mass is 913 g/mol. The van der Waals surface area contributed by atoms with Crippen molar-refractivity contribution >= 4 is 34.1 Å². The molecule has 0 aromatic heterocycles. The van der Waals surface area contributed by atoms with Crippen molar-refractivity contribution in [3.63, 3.8) is 0 Å². The maximum Gasteiger partial charge on any atom is 0.0496 e. The maximum absolute atomic E-state index is 2.61. The Kier molecular flexibility index (Phi) is 12.3. The highest BCUT2D eigenvalue weighted by molar-refractivity contribution is 5.88. The van der Waals surface area contributed by atoms with E-state index in [1.807, 2.05) is 0 Å². The first-order valence-electron chi connectivity index (χ1n) is 26.9. The predicted octanol–water partition coefficient (Wildman–Crippen LogP) is 19.0. The van der Waals surface area contributed by atoms with Gasteiger partial charge in [0.25, 0.3) is 0 Å². The number of fused-ring (bicyclic) bond motifs is 3. The van der Waals surface area contributed by atoms with Crippen molar-refractivity contribution in [1.82, 2.24) is 0 Å².